The van der Waals surface area contributed by atoms with Gasteiger partial charge in [0.1, 0.15) is 12.4 Å². The predicted octanol–water partition coefficient (Wildman–Crippen LogP) is 6.45. The van der Waals surface area contributed by atoms with Crippen molar-refractivity contribution >= 4 is 17.0 Å². The zero-order valence-corrected chi connectivity index (χ0v) is 20.8. The van der Waals surface area contributed by atoms with Gasteiger partial charge in [-0.1, -0.05) is 67.2 Å². The fourth-order valence-corrected chi connectivity index (χ4v) is 6.09. The average Bonchev–Trinajstić information content (AvgIpc) is 2.94. The average molecular weight is 491 g/mol. The number of carbonyl (C=O) groups excluding carboxylic acids is 1. The van der Waals surface area contributed by atoms with Crippen LogP contribution in [0, 0.1) is 5.92 Å². The molecule has 2 aliphatic rings. The Labute approximate surface area is 217 Å². The van der Waals surface area contributed by atoms with E-state index < -0.39 is 0 Å². The van der Waals surface area contributed by atoms with Crippen molar-refractivity contribution in [2.24, 2.45) is 5.92 Å². The van der Waals surface area contributed by atoms with Gasteiger partial charge in [-0.25, -0.2) is 4.79 Å². The number of nitrogens with zero attached hydrogens (tertiary/aromatic N) is 2. The van der Waals surface area contributed by atoms with Gasteiger partial charge in [-0.2, -0.15) is 0 Å². The lowest BCUT2D eigenvalue weighted by molar-refractivity contribution is 0.0698. The standard InChI is InChI=1S/C32H30N2O3/c1-2-36-31(35)34-16-15-32(26-12-8-13-28(19-26)37-22-23-9-4-3-5-10-23)20-30-25(18-27(32)21-34)17-24-11-6-7-14-29(24)33-30/h2-14,17,19,27H,1,15-16,18,20-22H2/t27-,32-/m0/s1. The summed E-state index contributed by atoms with van der Waals surface area (Å²) >= 11 is 0. The first-order valence-electron chi connectivity index (χ1n) is 12.9. The van der Waals surface area contributed by atoms with Crippen LogP contribution in [0.5, 0.6) is 5.75 Å². The molecule has 2 atom stereocenters. The van der Waals surface area contributed by atoms with Gasteiger partial charge >= 0.3 is 6.09 Å². The molecule has 6 rings (SSSR count). The fraction of sp³-hybridized carbons (Fsp3) is 0.250. The molecule has 0 radical (unpaired) electrons. The molecule has 0 bridgehead atoms. The Kier molecular flexibility index (Phi) is 6.13. The largest absolute Gasteiger partial charge is 0.489 e. The van der Waals surface area contributed by atoms with Crippen LogP contribution in [-0.2, 0) is 29.6 Å². The molecule has 3 aromatic carbocycles. The maximum absolute atomic E-state index is 12.6. The van der Waals surface area contributed by atoms with Crippen LogP contribution in [0.1, 0.15) is 28.8 Å². The van der Waals surface area contributed by atoms with Crippen molar-refractivity contribution in [3.8, 4) is 5.75 Å². The number of amides is 1. The number of aromatic nitrogens is 1. The molecule has 37 heavy (non-hydrogen) atoms. The van der Waals surface area contributed by atoms with Gasteiger partial charge in [0.15, 0.2) is 0 Å². The highest BCUT2D eigenvalue weighted by Crippen LogP contribution is 2.48. The molecule has 5 heteroatoms. The summed E-state index contributed by atoms with van der Waals surface area (Å²) < 4.78 is 11.3. The van der Waals surface area contributed by atoms with Crippen molar-refractivity contribution in [2.75, 3.05) is 13.1 Å². The Hall–Kier alpha value is -4.12. The van der Waals surface area contributed by atoms with Gasteiger partial charge in [-0.15, -0.1) is 0 Å². The number of benzene rings is 3. The third-order valence-electron chi connectivity index (χ3n) is 7.99. The van der Waals surface area contributed by atoms with Crippen LogP contribution >= 0.6 is 0 Å². The van der Waals surface area contributed by atoms with E-state index in [0.717, 1.165) is 47.2 Å². The molecule has 1 saturated heterocycles. The minimum absolute atomic E-state index is 0.139. The van der Waals surface area contributed by atoms with Crippen molar-refractivity contribution in [3.05, 3.63) is 120 Å². The van der Waals surface area contributed by atoms with Crippen LogP contribution in [-0.4, -0.2) is 29.1 Å². The number of hydrogen-bond donors (Lipinski definition) is 0. The van der Waals surface area contributed by atoms with Crippen LogP contribution in [0.25, 0.3) is 10.9 Å². The third-order valence-corrected chi connectivity index (χ3v) is 7.99. The number of ether oxygens (including phenoxy) is 2. The minimum Gasteiger partial charge on any atom is -0.489 e. The highest BCUT2D eigenvalue weighted by atomic mass is 16.5. The summed E-state index contributed by atoms with van der Waals surface area (Å²) in [5, 5.41) is 1.16. The first-order chi connectivity index (χ1) is 18.1. The van der Waals surface area contributed by atoms with E-state index in [1.807, 2.05) is 35.2 Å². The van der Waals surface area contributed by atoms with Gasteiger partial charge in [0, 0.05) is 36.0 Å². The van der Waals surface area contributed by atoms with Gasteiger partial charge in [0.2, 0.25) is 0 Å². The summed E-state index contributed by atoms with van der Waals surface area (Å²) in [5.74, 6) is 1.10. The summed E-state index contributed by atoms with van der Waals surface area (Å²) in [6, 6.07) is 29.3. The quantitative estimate of drug-likeness (QED) is 0.302. The van der Waals surface area contributed by atoms with Crippen LogP contribution in [0.15, 0.2) is 97.8 Å². The SMILES string of the molecule is C=COC(=O)N1CC[C@@]2(c3cccc(OCc4ccccc4)c3)Cc3nc4ccccc4cc3C[C@H]2C1. The number of carbonyl (C=O) groups is 1. The highest BCUT2D eigenvalue weighted by molar-refractivity contribution is 5.79. The molecule has 0 unspecified atom stereocenters. The van der Waals surface area contributed by atoms with Crippen molar-refractivity contribution in [3.63, 3.8) is 0 Å². The molecule has 0 N–H and O–H groups in total. The maximum Gasteiger partial charge on any atom is 0.414 e. The second-order valence-corrected chi connectivity index (χ2v) is 10.1. The van der Waals surface area contributed by atoms with E-state index in [2.05, 4.69) is 61.2 Å². The number of rotatable bonds is 5. The minimum atomic E-state index is -0.328. The molecule has 4 aromatic rings. The van der Waals surface area contributed by atoms with E-state index in [9.17, 15) is 4.79 Å². The zero-order valence-electron chi connectivity index (χ0n) is 20.8. The zero-order chi connectivity index (χ0) is 25.2. The Morgan fingerprint density at radius 2 is 1.89 bits per heavy atom. The lowest BCUT2D eigenvalue weighted by Gasteiger charge is -2.50. The third kappa shape index (κ3) is 4.46. The van der Waals surface area contributed by atoms with E-state index in [1.165, 1.54) is 17.4 Å². The number of likely N-dealkylation sites (tertiary alicyclic amines) is 1. The Balaban J connectivity index is 1.36. The first-order valence-corrected chi connectivity index (χ1v) is 12.9. The summed E-state index contributed by atoms with van der Waals surface area (Å²) in [6.07, 6.45) is 3.42. The van der Waals surface area contributed by atoms with E-state index in [1.54, 1.807) is 0 Å². The monoisotopic (exact) mass is 490 g/mol. The molecular formula is C32H30N2O3. The van der Waals surface area contributed by atoms with Gasteiger partial charge in [-0.05, 0) is 59.7 Å². The lowest BCUT2D eigenvalue weighted by atomic mass is 9.58. The van der Waals surface area contributed by atoms with Gasteiger partial charge in [0.05, 0.1) is 11.8 Å². The summed E-state index contributed by atoms with van der Waals surface area (Å²) in [6.45, 7) is 5.34. The van der Waals surface area contributed by atoms with E-state index in [4.69, 9.17) is 14.5 Å². The van der Waals surface area contributed by atoms with Gasteiger partial charge in [0.25, 0.3) is 0 Å². The van der Waals surface area contributed by atoms with Crippen LogP contribution in [0.4, 0.5) is 4.79 Å². The van der Waals surface area contributed by atoms with E-state index >= 15 is 0 Å². The Bertz CT molecular complexity index is 1450. The Morgan fingerprint density at radius 1 is 1.05 bits per heavy atom. The molecule has 0 spiro atoms. The molecule has 0 saturated carbocycles. The molecule has 1 aromatic heterocycles. The predicted molar refractivity (Wildman–Crippen MR) is 144 cm³/mol. The summed E-state index contributed by atoms with van der Waals surface area (Å²) in [4.78, 5) is 19.5. The molecule has 1 fully saturated rings. The second-order valence-electron chi connectivity index (χ2n) is 10.1. The van der Waals surface area contributed by atoms with Gasteiger partial charge < -0.3 is 14.4 Å². The fourth-order valence-electron chi connectivity index (χ4n) is 6.09. The van der Waals surface area contributed by atoms with Crippen LogP contribution in [0.2, 0.25) is 0 Å². The smallest absolute Gasteiger partial charge is 0.414 e. The second kappa shape index (κ2) is 9.74. The normalized spacial score (nSPS) is 20.5. The first kappa shape index (κ1) is 23.3. The number of fused-ring (bicyclic) bond motifs is 3. The van der Waals surface area contributed by atoms with Crippen molar-refractivity contribution in [2.45, 2.75) is 31.3 Å². The number of hydrogen-bond acceptors (Lipinski definition) is 4. The maximum atomic E-state index is 12.6. The molecule has 2 heterocycles. The Morgan fingerprint density at radius 3 is 2.76 bits per heavy atom. The summed E-state index contributed by atoms with van der Waals surface area (Å²) in [7, 11) is 0. The van der Waals surface area contributed by atoms with Crippen molar-refractivity contribution in [1.82, 2.24) is 9.88 Å². The number of pyridine rings is 1. The van der Waals surface area contributed by atoms with Crippen LogP contribution in [0.3, 0.4) is 0 Å². The van der Waals surface area contributed by atoms with E-state index in [0.29, 0.717) is 19.7 Å². The van der Waals surface area contributed by atoms with Crippen molar-refractivity contribution < 1.29 is 14.3 Å². The molecule has 1 aliphatic carbocycles. The number of para-hydroxylation sites is 1. The van der Waals surface area contributed by atoms with Crippen LogP contribution < -0.4 is 4.74 Å². The molecule has 1 aliphatic heterocycles. The lowest BCUT2D eigenvalue weighted by Crippen LogP contribution is -2.55. The molecule has 186 valence electrons. The molecular weight excluding hydrogens is 460 g/mol. The molecule has 5 nitrogen and oxygen atoms in total. The van der Waals surface area contributed by atoms with Crippen molar-refractivity contribution in [1.29, 1.82) is 0 Å². The van der Waals surface area contributed by atoms with E-state index in [-0.39, 0.29) is 17.4 Å². The number of piperidine rings is 1. The van der Waals surface area contributed by atoms with Gasteiger partial charge in [-0.3, -0.25) is 4.98 Å². The highest BCUT2D eigenvalue weighted by Gasteiger charge is 2.48. The summed E-state index contributed by atoms with van der Waals surface area (Å²) in [5.41, 5.74) is 5.71. The molecule has 1 amide bonds. The topological polar surface area (TPSA) is 51.7 Å².